The van der Waals surface area contributed by atoms with Crippen LogP contribution in [0.3, 0.4) is 0 Å². The van der Waals surface area contributed by atoms with Crippen molar-refractivity contribution in [2.45, 2.75) is 12.6 Å². The molecule has 176 valence electrons. The van der Waals surface area contributed by atoms with Gasteiger partial charge in [0.15, 0.2) is 22.9 Å². The predicted octanol–water partition coefficient (Wildman–Crippen LogP) is 5.23. The molecule has 1 aliphatic heterocycles. The normalized spacial score (nSPS) is 15.7. The number of Topliss-reactive ketones (excluding diaryl/α,β-unsaturated/α-hetero) is 1. The van der Waals surface area contributed by atoms with Crippen LogP contribution < -0.4 is 9.47 Å². The molecule has 1 aromatic heterocycles. The van der Waals surface area contributed by atoms with Gasteiger partial charge in [0, 0.05) is 11.9 Å². The quantitative estimate of drug-likeness (QED) is 0.373. The monoisotopic (exact) mass is 469 g/mol. The summed E-state index contributed by atoms with van der Waals surface area (Å²) in [5, 5.41) is 11.6. The number of fused-ring (bicyclic) bond motifs is 1. The number of hydrogen-bond donors (Lipinski definition) is 1. The van der Waals surface area contributed by atoms with Crippen molar-refractivity contribution in [1.29, 1.82) is 0 Å². The minimum atomic E-state index is -0.784. The van der Waals surface area contributed by atoms with E-state index in [9.17, 15) is 14.7 Å². The molecule has 1 unspecified atom stereocenters. The number of carbonyl (C=O) groups excluding carboxylic acids is 2. The third-order valence-corrected chi connectivity index (χ3v) is 6.13. The van der Waals surface area contributed by atoms with E-state index in [0.717, 1.165) is 5.56 Å². The lowest BCUT2D eigenvalue weighted by Crippen LogP contribution is -2.30. The number of amides is 1. The van der Waals surface area contributed by atoms with Crippen LogP contribution in [0.25, 0.3) is 11.0 Å². The van der Waals surface area contributed by atoms with E-state index in [1.54, 1.807) is 43.5 Å². The van der Waals surface area contributed by atoms with E-state index < -0.39 is 23.5 Å². The molecule has 0 bridgehead atoms. The number of furan rings is 1. The molecule has 1 aliphatic rings. The van der Waals surface area contributed by atoms with Crippen molar-refractivity contribution in [2.24, 2.45) is 0 Å². The number of carbonyl (C=O) groups is 2. The Balaban J connectivity index is 1.57. The van der Waals surface area contributed by atoms with Crippen molar-refractivity contribution in [3.05, 3.63) is 107 Å². The Labute approximate surface area is 201 Å². The summed E-state index contributed by atoms with van der Waals surface area (Å²) in [7, 11) is 3.10. The molecule has 2 heterocycles. The summed E-state index contributed by atoms with van der Waals surface area (Å²) >= 11 is 0. The number of aliphatic hydroxyl groups is 1. The van der Waals surface area contributed by atoms with E-state index in [4.69, 9.17) is 13.9 Å². The number of para-hydroxylation sites is 1. The second-order valence-electron chi connectivity index (χ2n) is 8.18. The number of hydrogen-bond acceptors (Lipinski definition) is 6. The highest BCUT2D eigenvalue weighted by Crippen LogP contribution is 2.41. The number of aliphatic hydroxyl groups excluding tert-OH is 1. The van der Waals surface area contributed by atoms with E-state index in [1.165, 1.54) is 12.0 Å². The second-order valence-corrected chi connectivity index (χ2v) is 8.18. The second kappa shape index (κ2) is 9.02. The van der Waals surface area contributed by atoms with Gasteiger partial charge in [-0.3, -0.25) is 9.59 Å². The van der Waals surface area contributed by atoms with E-state index in [-0.39, 0.29) is 17.9 Å². The minimum absolute atomic E-state index is 0.0195. The SMILES string of the molecule is COc1ccc(CN2C(=O)C(O)=C(C(=O)c3cc4cccc(OC)c4o3)C2c2ccccc2)cc1. The molecule has 1 atom stereocenters. The maximum absolute atomic E-state index is 13.7. The van der Waals surface area contributed by atoms with Gasteiger partial charge in [-0.25, -0.2) is 0 Å². The Morgan fingerprint density at radius 3 is 2.40 bits per heavy atom. The molecule has 5 rings (SSSR count). The number of nitrogens with zero attached hydrogens (tertiary/aromatic N) is 1. The average molecular weight is 469 g/mol. The first kappa shape index (κ1) is 22.3. The van der Waals surface area contributed by atoms with Crippen molar-refractivity contribution < 1.29 is 28.6 Å². The number of rotatable bonds is 7. The third kappa shape index (κ3) is 3.91. The van der Waals surface area contributed by atoms with Gasteiger partial charge in [-0.15, -0.1) is 0 Å². The first-order chi connectivity index (χ1) is 17.0. The van der Waals surface area contributed by atoms with Crippen molar-refractivity contribution in [2.75, 3.05) is 14.2 Å². The fourth-order valence-corrected chi connectivity index (χ4v) is 4.40. The minimum Gasteiger partial charge on any atom is -0.503 e. The molecule has 7 heteroatoms. The van der Waals surface area contributed by atoms with Gasteiger partial charge in [-0.1, -0.05) is 54.6 Å². The van der Waals surface area contributed by atoms with Gasteiger partial charge in [0.25, 0.3) is 5.91 Å². The lowest BCUT2D eigenvalue weighted by atomic mass is 9.95. The first-order valence-corrected chi connectivity index (χ1v) is 11.0. The zero-order chi connectivity index (χ0) is 24.5. The highest BCUT2D eigenvalue weighted by Gasteiger charge is 2.44. The molecule has 1 N–H and O–H groups in total. The molecule has 0 saturated heterocycles. The maximum atomic E-state index is 13.7. The fourth-order valence-electron chi connectivity index (χ4n) is 4.40. The molecule has 35 heavy (non-hydrogen) atoms. The van der Waals surface area contributed by atoms with Crippen LogP contribution >= 0.6 is 0 Å². The van der Waals surface area contributed by atoms with Crippen molar-refractivity contribution in [3.8, 4) is 11.5 Å². The highest BCUT2D eigenvalue weighted by molar-refractivity contribution is 6.16. The Hall–Kier alpha value is -4.52. The molecule has 4 aromatic rings. The molecule has 7 nitrogen and oxygen atoms in total. The Kier molecular flexibility index (Phi) is 5.74. The van der Waals surface area contributed by atoms with Crippen molar-refractivity contribution in [3.63, 3.8) is 0 Å². The molecule has 0 radical (unpaired) electrons. The van der Waals surface area contributed by atoms with Crippen molar-refractivity contribution in [1.82, 2.24) is 4.90 Å². The average Bonchev–Trinajstić information content (AvgIpc) is 3.44. The van der Waals surface area contributed by atoms with Gasteiger partial charge >= 0.3 is 0 Å². The van der Waals surface area contributed by atoms with E-state index in [0.29, 0.717) is 28.0 Å². The highest BCUT2D eigenvalue weighted by atomic mass is 16.5. The van der Waals surface area contributed by atoms with Crippen LogP contribution in [0.5, 0.6) is 11.5 Å². The van der Waals surface area contributed by atoms with E-state index >= 15 is 0 Å². The zero-order valence-electron chi connectivity index (χ0n) is 19.2. The Morgan fingerprint density at radius 2 is 1.71 bits per heavy atom. The summed E-state index contributed by atoms with van der Waals surface area (Å²) < 4.78 is 16.4. The van der Waals surface area contributed by atoms with Crippen molar-refractivity contribution >= 4 is 22.7 Å². The molecule has 0 spiro atoms. The van der Waals surface area contributed by atoms with Crippen LogP contribution in [-0.4, -0.2) is 35.9 Å². The lowest BCUT2D eigenvalue weighted by molar-refractivity contribution is -0.130. The van der Waals surface area contributed by atoms with Crippen LogP contribution in [-0.2, 0) is 11.3 Å². The predicted molar refractivity (Wildman–Crippen MR) is 129 cm³/mol. The number of methoxy groups -OCH3 is 2. The van der Waals surface area contributed by atoms with Gasteiger partial charge in [0.2, 0.25) is 5.78 Å². The van der Waals surface area contributed by atoms with Crippen LogP contribution in [0, 0.1) is 0 Å². The summed E-state index contributed by atoms with van der Waals surface area (Å²) in [6, 6.07) is 22.6. The summed E-state index contributed by atoms with van der Waals surface area (Å²) in [5.41, 5.74) is 1.94. The smallest absolute Gasteiger partial charge is 0.290 e. The summed E-state index contributed by atoms with van der Waals surface area (Å²) in [5.74, 6) is -0.552. The first-order valence-electron chi connectivity index (χ1n) is 11.0. The molecule has 0 saturated carbocycles. The number of ketones is 1. The Bertz CT molecular complexity index is 1440. The molecular weight excluding hydrogens is 446 g/mol. The molecule has 1 amide bonds. The molecule has 3 aromatic carbocycles. The van der Waals surface area contributed by atoms with Gasteiger partial charge < -0.3 is 23.9 Å². The number of ether oxygens (including phenoxy) is 2. The lowest BCUT2D eigenvalue weighted by Gasteiger charge is -2.26. The van der Waals surface area contributed by atoms with Crippen LogP contribution in [0.1, 0.15) is 27.7 Å². The van der Waals surface area contributed by atoms with E-state index in [1.807, 2.05) is 42.5 Å². The summed E-state index contributed by atoms with van der Waals surface area (Å²) in [6.07, 6.45) is 0. The van der Waals surface area contributed by atoms with Gasteiger partial charge in [0.1, 0.15) is 5.75 Å². The van der Waals surface area contributed by atoms with Gasteiger partial charge in [-0.05, 0) is 35.4 Å². The fraction of sp³-hybridized carbons (Fsp3) is 0.143. The largest absolute Gasteiger partial charge is 0.503 e. The Morgan fingerprint density at radius 1 is 0.971 bits per heavy atom. The number of benzene rings is 3. The zero-order valence-corrected chi connectivity index (χ0v) is 19.2. The summed E-state index contributed by atoms with van der Waals surface area (Å²) in [6.45, 7) is 0.192. The third-order valence-electron chi connectivity index (χ3n) is 6.13. The van der Waals surface area contributed by atoms with Crippen LogP contribution in [0.2, 0.25) is 0 Å². The van der Waals surface area contributed by atoms with Crippen LogP contribution in [0.4, 0.5) is 0 Å². The van der Waals surface area contributed by atoms with Gasteiger partial charge in [0.05, 0.1) is 25.8 Å². The topological polar surface area (TPSA) is 89.2 Å². The van der Waals surface area contributed by atoms with E-state index in [2.05, 4.69) is 0 Å². The molecule has 0 aliphatic carbocycles. The standard InChI is InChI=1S/C28H23NO6/c1-33-20-13-11-17(12-14-20)16-29-24(18-7-4-3-5-8-18)23(26(31)28(29)32)25(30)22-15-19-9-6-10-21(34-2)27(19)35-22/h3-15,24,31H,16H2,1-2H3. The molecular formula is C28H23NO6. The van der Waals surface area contributed by atoms with Crippen LogP contribution in [0.15, 0.2) is 94.6 Å². The van der Waals surface area contributed by atoms with Gasteiger partial charge in [-0.2, -0.15) is 0 Å². The maximum Gasteiger partial charge on any atom is 0.290 e. The molecule has 0 fully saturated rings. The summed E-state index contributed by atoms with van der Waals surface area (Å²) in [4.78, 5) is 28.4.